The van der Waals surface area contributed by atoms with Crippen molar-refractivity contribution in [2.24, 2.45) is 0 Å². The molecule has 0 unspecified atom stereocenters. The number of carbonyl (C=O) groups excluding carboxylic acids is 2. The fourth-order valence-electron chi connectivity index (χ4n) is 1.37. The molecule has 1 aromatic carbocycles. The summed E-state index contributed by atoms with van der Waals surface area (Å²) in [6, 6.07) is 1.79. The van der Waals surface area contributed by atoms with Crippen molar-refractivity contribution in [1.29, 1.82) is 0 Å². The minimum atomic E-state index is -1.11. The van der Waals surface area contributed by atoms with Crippen molar-refractivity contribution in [1.82, 2.24) is 0 Å². The van der Waals surface area contributed by atoms with Crippen LogP contribution in [0.4, 0.5) is 8.78 Å². The minimum Gasteiger partial charge on any atom is -0.465 e. The number of benzene rings is 1. The summed E-state index contributed by atoms with van der Waals surface area (Å²) >= 11 is 0. The highest BCUT2D eigenvalue weighted by Crippen LogP contribution is 2.16. The summed E-state index contributed by atoms with van der Waals surface area (Å²) in [4.78, 5) is 22.2. The summed E-state index contributed by atoms with van der Waals surface area (Å²) in [5.74, 6) is 1.08. The number of ether oxygens (including phenoxy) is 2. The van der Waals surface area contributed by atoms with Gasteiger partial charge in [-0.1, -0.05) is 11.8 Å². The molecule has 0 fully saturated rings. The van der Waals surface area contributed by atoms with E-state index in [0.717, 1.165) is 19.2 Å². The number of carbonyl (C=O) groups is 2. The fraction of sp³-hybridized carbons (Fsp3) is 0.286. The molecule has 106 valence electrons. The van der Waals surface area contributed by atoms with Gasteiger partial charge < -0.3 is 9.47 Å². The first-order valence-electron chi connectivity index (χ1n) is 5.71. The molecule has 0 saturated carbocycles. The van der Waals surface area contributed by atoms with E-state index in [-0.39, 0.29) is 18.6 Å². The van der Waals surface area contributed by atoms with E-state index in [1.54, 1.807) is 6.92 Å². The van der Waals surface area contributed by atoms with E-state index in [9.17, 15) is 18.4 Å². The van der Waals surface area contributed by atoms with Crippen LogP contribution in [-0.4, -0.2) is 25.7 Å². The Morgan fingerprint density at radius 3 is 2.35 bits per heavy atom. The molecule has 0 heterocycles. The van der Waals surface area contributed by atoms with Crippen molar-refractivity contribution in [2.75, 3.05) is 13.7 Å². The van der Waals surface area contributed by atoms with Gasteiger partial charge in [-0.2, -0.15) is 0 Å². The van der Waals surface area contributed by atoms with Gasteiger partial charge in [0.05, 0.1) is 13.7 Å². The van der Waals surface area contributed by atoms with Gasteiger partial charge in [-0.15, -0.1) is 0 Å². The van der Waals surface area contributed by atoms with Gasteiger partial charge >= 0.3 is 11.9 Å². The van der Waals surface area contributed by atoms with Crippen molar-refractivity contribution in [3.63, 3.8) is 0 Å². The zero-order chi connectivity index (χ0) is 15.1. The molecule has 0 radical (unpaired) electrons. The number of esters is 2. The highest BCUT2D eigenvalue weighted by molar-refractivity contribution is 5.90. The summed E-state index contributed by atoms with van der Waals surface area (Å²) < 4.78 is 36.0. The summed E-state index contributed by atoms with van der Waals surface area (Å²) in [5, 5.41) is 0. The Morgan fingerprint density at radius 2 is 1.85 bits per heavy atom. The van der Waals surface area contributed by atoms with Gasteiger partial charge in [-0.3, -0.25) is 4.79 Å². The first-order chi connectivity index (χ1) is 9.49. The smallest absolute Gasteiger partial charge is 0.343 e. The molecule has 0 aliphatic carbocycles. The maximum absolute atomic E-state index is 13.6. The third-order valence-corrected chi connectivity index (χ3v) is 2.20. The number of hydrogen-bond acceptors (Lipinski definition) is 4. The molecule has 0 saturated heterocycles. The summed E-state index contributed by atoms with van der Waals surface area (Å²) in [6.45, 7) is 1.89. The van der Waals surface area contributed by atoms with Gasteiger partial charge in [0.1, 0.15) is 23.6 Å². The van der Waals surface area contributed by atoms with Gasteiger partial charge in [0, 0.05) is 5.56 Å². The lowest BCUT2D eigenvalue weighted by Gasteiger charge is -2.03. The van der Waals surface area contributed by atoms with Crippen molar-refractivity contribution >= 4 is 11.9 Å². The van der Waals surface area contributed by atoms with Gasteiger partial charge in [0.25, 0.3) is 0 Å². The topological polar surface area (TPSA) is 52.6 Å². The van der Waals surface area contributed by atoms with Crippen LogP contribution in [0.2, 0.25) is 0 Å². The molecule has 0 amide bonds. The molecule has 0 spiro atoms. The fourth-order valence-corrected chi connectivity index (χ4v) is 1.37. The molecule has 0 atom stereocenters. The molecule has 0 N–H and O–H groups in total. The molecule has 1 rings (SSSR count). The molecular weight excluding hydrogens is 270 g/mol. The van der Waals surface area contributed by atoms with Gasteiger partial charge in [0.2, 0.25) is 0 Å². The van der Waals surface area contributed by atoms with Gasteiger partial charge in [-0.05, 0) is 19.1 Å². The van der Waals surface area contributed by atoms with Crippen LogP contribution in [0.3, 0.4) is 0 Å². The number of methoxy groups -OCH3 is 1. The Hall–Kier alpha value is -2.42. The van der Waals surface area contributed by atoms with Crippen molar-refractivity contribution in [3.05, 3.63) is 34.9 Å². The normalized spacial score (nSPS) is 9.40. The third kappa shape index (κ3) is 4.05. The van der Waals surface area contributed by atoms with Crippen molar-refractivity contribution in [3.8, 4) is 11.8 Å². The average Bonchev–Trinajstić information content (AvgIpc) is 2.38. The van der Waals surface area contributed by atoms with E-state index in [2.05, 4.69) is 21.3 Å². The maximum Gasteiger partial charge on any atom is 0.343 e. The molecule has 4 nitrogen and oxygen atoms in total. The van der Waals surface area contributed by atoms with Crippen LogP contribution in [0.1, 0.15) is 29.3 Å². The Morgan fingerprint density at radius 1 is 1.25 bits per heavy atom. The van der Waals surface area contributed by atoms with Crippen LogP contribution < -0.4 is 0 Å². The summed E-state index contributed by atoms with van der Waals surface area (Å²) in [6.07, 6.45) is -0.185. The lowest BCUT2D eigenvalue weighted by molar-refractivity contribution is -0.141. The quantitative estimate of drug-likeness (QED) is 0.629. The summed E-state index contributed by atoms with van der Waals surface area (Å²) in [7, 11) is 1.02. The standard InChI is InChI=1S/C14H12F2O4/c1-3-20-12(17)6-4-5-9-7-10(15)13(11(16)8-9)14(18)19-2/h7-8H,3,6H2,1-2H3. The van der Waals surface area contributed by atoms with E-state index >= 15 is 0 Å². The zero-order valence-corrected chi connectivity index (χ0v) is 11.0. The maximum atomic E-state index is 13.6. The van der Waals surface area contributed by atoms with E-state index in [1.165, 1.54) is 0 Å². The molecule has 0 aliphatic heterocycles. The van der Waals surface area contributed by atoms with E-state index < -0.39 is 29.1 Å². The van der Waals surface area contributed by atoms with E-state index in [0.29, 0.717) is 0 Å². The third-order valence-electron chi connectivity index (χ3n) is 2.20. The lowest BCUT2D eigenvalue weighted by Crippen LogP contribution is -2.08. The van der Waals surface area contributed by atoms with Gasteiger partial charge in [-0.25, -0.2) is 13.6 Å². The largest absolute Gasteiger partial charge is 0.465 e. The second-order valence-electron chi connectivity index (χ2n) is 3.59. The molecule has 0 aromatic heterocycles. The van der Waals surface area contributed by atoms with Crippen LogP contribution >= 0.6 is 0 Å². The SMILES string of the molecule is CCOC(=O)CC#Cc1cc(F)c(C(=O)OC)c(F)c1. The molecule has 0 aliphatic rings. The highest BCUT2D eigenvalue weighted by atomic mass is 19.1. The molecule has 6 heteroatoms. The van der Waals surface area contributed by atoms with E-state index in [4.69, 9.17) is 0 Å². The Kier molecular flexibility index (Phi) is 5.66. The zero-order valence-electron chi connectivity index (χ0n) is 11.0. The van der Waals surface area contributed by atoms with Crippen molar-refractivity contribution < 1.29 is 27.8 Å². The first-order valence-corrected chi connectivity index (χ1v) is 5.71. The Balaban J connectivity index is 2.92. The predicted molar refractivity (Wildman–Crippen MR) is 65.8 cm³/mol. The monoisotopic (exact) mass is 282 g/mol. The Bertz CT molecular complexity index is 562. The molecule has 0 bridgehead atoms. The van der Waals surface area contributed by atoms with E-state index in [1.807, 2.05) is 0 Å². The predicted octanol–water partition coefficient (Wildman–Crippen LogP) is 2.06. The molecule has 1 aromatic rings. The lowest BCUT2D eigenvalue weighted by atomic mass is 10.1. The van der Waals surface area contributed by atoms with Crippen LogP contribution in [0, 0.1) is 23.5 Å². The van der Waals surface area contributed by atoms with Crippen LogP contribution in [0.15, 0.2) is 12.1 Å². The van der Waals surface area contributed by atoms with Crippen LogP contribution in [0.25, 0.3) is 0 Å². The Labute approximate surface area is 114 Å². The van der Waals surface area contributed by atoms with Crippen LogP contribution in [-0.2, 0) is 14.3 Å². The second kappa shape index (κ2) is 7.24. The number of halogens is 2. The first kappa shape index (κ1) is 15.6. The minimum absolute atomic E-state index is 0.0111. The summed E-state index contributed by atoms with van der Waals surface area (Å²) in [5.41, 5.74) is -0.764. The highest BCUT2D eigenvalue weighted by Gasteiger charge is 2.18. The van der Waals surface area contributed by atoms with Crippen molar-refractivity contribution in [2.45, 2.75) is 13.3 Å². The second-order valence-corrected chi connectivity index (χ2v) is 3.59. The molecular formula is C14H12F2O4. The number of hydrogen-bond donors (Lipinski definition) is 0. The van der Waals surface area contributed by atoms with Crippen LogP contribution in [0.5, 0.6) is 0 Å². The van der Waals surface area contributed by atoms with Gasteiger partial charge in [0.15, 0.2) is 0 Å². The molecule has 20 heavy (non-hydrogen) atoms. The average molecular weight is 282 g/mol. The number of rotatable bonds is 3.